The van der Waals surface area contributed by atoms with Gasteiger partial charge in [-0.3, -0.25) is 9.59 Å². The highest BCUT2D eigenvalue weighted by atomic mass is 16.2. The Morgan fingerprint density at radius 2 is 2.00 bits per heavy atom. The molecule has 0 bridgehead atoms. The van der Waals surface area contributed by atoms with Crippen molar-refractivity contribution in [2.45, 2.75) is 25.4 Å². The quantitative estimate of drug-likeness (QED) is 0.635. The minimum atomic E-state index is -0.188. The topological polar surface area (TPSA) is 37.4 Å². The van der Waals surface area contributed by atoms with Gasteiger partial charge in [-0.05, 0) is 12.0 Å². The Kier molecular flexibility index (Phi) is 1.69. The van der Waals surface area contributed by atoms with E-state index >= 15 is 0 Å². The highest BCUT2D eigenvalue weighted by molar-refractivity contribution is 6.05. The van der Waals surface area contributed by atoms with Gasteiger partial charge in [-0.25, -0.2) is 0 Å². The first-order valence-electron chi connectivity index (χ1n) is 5.19. The van der Waals surface area contributed by atoms with Gasteiger partial charge in [-0.15, -0.1) is 0 Å². The van der Waals surface area contributed by atoms with Crippen LogP contribution in [0.25, 0.3) is 0 Å². The summed E-state index contributed by atoms with van der Waals surface area (Å²) in [7, 11) is 0. The lowest BCUT2D eigenvalue weighted by Gasteiger charge is -2.30. The number of benzene rings is 1. The van der Waals surface area contributed by atoms with Gasteiger partial charge in [-0.1, -0.05) is 24.3 Å². The minimum Gasteiger partial charge on any atom is -0.328 e. The van der Waals surface area contributed by atoms with Gasteiger partial charge < -0.3 is 4.90 Å². The summed E-state index contributed by atoms with van der Waals surface area (Å²) in [5.41, 5.74) is 1.78. The number of nitrogens with zero attached hydrogens (tertiary/aromatic N) is 1. The third-order valence-electron chi connectivity index (χ3n) is 3.25. The number of amides is 1. The number of fused-ring (bicyclic) bond motifs is 2. The maximum absolute atomic E-state index is 12.0. The molecule has 0 unspecified atom stereocenters. The van der Waals surface area contributed by atoms with Crippen LogP contribution < -0.4 is 0 Å². The molecule has 0 aromatic heterocycles. The van der Waals surface area contributed by atoms with Crippen molar-refractivity contribution in [3.05, 3.63) is 35.4 Å². The second kappa shape index (κ2) is 2.92. The van der Waals surface area contributed by atoms with Crippen molar-refractivity contribution in [1.29, 1.82) is 0 Å². The van der Waals surface area contributed by atoms with E-state index in [0.717, 1.165) is 11.1 Å². The van der Waals surface area contributed by atoms with Gasteiger partial charge in [0, 0.05) is 18.5 Å². The highest BCUT2D eigenvalue weighted by Crippen LogP contribution is 2.30. The molecule has 0 radical (unpaired) electrons. The van der Waals surface area contributed by atoms with Gasteiger partial charge in [-0.2, -0.15) is 0 Å². The van der Waals surface area contributed by atoms with Crippen molar-refractivity contribution in [3.8, 4) is 0 Å². The fourth-order valence-electron chi connectivity index (χ4n) is 2.47. The summed E-state index contributed by atoms with van der Waals surface area (Å²) in [5.74, 6) is 0.227. The maximum atomic E-state index is 12.0. The minimum absolute atomic E-state index is 0.114. The molecule has 1 atom stereocenters. The van der Waals surface area contributed by atoms with Crippen LogP contribution in [-0.2, 0) is 11.3 Å². The SMILES string of the molecule is O=C1c2ccccc2CN2C(=O)CC[C@H]12. The second-order valence-electron chi connectivity index (χ2n) is 4.10. The Morgan fingerprint density at radius 1 is 1.20 bits per heavy atom. The largest absolute Gasteiger partial charge is 0.328 e. The molecule has 76 valence electrons. The van der Waals surface area contributed by atoms with E-state index in [0.29, 0.717) is 19.4 Å². The number of Topliss-reactive ketones (excluding diaryl/α,β-unsaturated/α-hetero) is 1. The van der Waals surface area contributed by atoms with Crippen molar-refractivity contribution in [1.82, 2.24) is 4.90 Å². The van der Waals surface area contributed by atoms with E-state index < -0.39 is 0 Å². The van der Waals surface area contributed by atoms with Gasteiger partial charge >= 0.3 is 0 Å². The molecule has 3 nitrogen and oxygen atoms in total. The molecule has 0 spiro atoms. The Bertz CT molecular complexity index is 453. The van der Waals surface area contributed by atoms with E-state index in [2.05, 4.69) is 0 Å². The zero-order chi connectivity index (χ0) is 10.4. The first kappa shape index (κ1) is 8.65. The molecule has 1 saturated heterocycles. The maximum Gasteiger partial charge on any atom is 0.223 e. The number of hydrogen-bond donors (Lipinski definition) is 0. The molecule has 2 heterocycles. The monoisotopic (exact) mass is 201 g/mol. The molecule has 1 amide bonds. The van der Waals surface area contributed by atoms with Crippen LogP contribution >= 0.6 is 0 Å². The standard InChI is InChI=1S/C12H11NO2/c14-11-6-5-10-12(15)9-4-2-1-3-8(9)7-13(10)11/h1-4,10H,5-7H2/t10-/m1/s1. The van der Waals surface area contributed by atoms with Crippen LogP contribution in [0, 0.1) is 0 Å². The number of rotatable bonds is 0. The van der Waals surface area contributed by atoms with E-state index in [1.165, 1.54) is 0 Å². The van der Waals surface area contributed by atoms with E-state index in [1.807, 2.05) is 24.3 Å². The first-order chi connectivity index (χ1) is 7.27. The van der Waals surface area contributed by atoms with Gasteiger partial charge in [0.25, 0.3) is 0 Å². The number of carbonyl (C=O) groups is 2. The molecule has 15 heavy (non-hydrogen) atoms. The zero-order valence-corrected chi connectivity index (χ0v) is 8.27. The highest BCUT2D eigenvalue weighted by Gasteiger charge is 2.40. The van der Waals surface area contributed by atoms with Gasteiger partial charge in [0.15, 0.2) is 5.78 Å². The molecule has 0 aliphatic carbocycles. The smallest absolute Gasteiger partial charge is 0.223 e. The third kappa shape index (κ3) is 1.12. The summed E-state index contributed by atoms with van der Waals surface area (Å²) >= 11 is 0. The lowest BCUT2D eigenvalue weighted by Crippen LogP contribution is -2.42. The van der Waals surface area contributed by atoms with E-state index in [-0.39, 0.29) is 17.7 Å². The molecular weight excluding hydrogens is 190 g/mol. The van der Waals surface area contributed by atoms with Crippen molar-refractivity contribution in [2.24, 2.45) is 0 Å². The van der Waals surface area contributed by atoms with Crippen LogP contribution in [0.2, 0.25) is 0 Å². The molecule has 0 N–H and O–H groups in total. The second-order valence-corrected chi connectivity index (χ2v) is 4.10. The van der Waals surface area contributed by atoms with Gasteiger partial charge in [0.2, 0.25) is 5.91 Å². The van der Waals surface area contributed by atoms with Crippen LogP contribution in [-0.4, -0.2) is 22.6 Å². The van der Waals surface area contributed by atoms with Crippen molar-refractivity contribution < 1.29 is 9.59 Å². The third-order valence-corrected chi connectivity index (χ3v) is 3.25. The lowest BCUT2D eigenvalue weighted by atomic mass is 9.93. The average molecular weight is 201 g/mol. The van der Waals surface area contributed by atoms with Crippen molar-refractivity contribution in [3.63, 3.8) is 0 Å². The van der Waals surface area contributed by atoms with E-state index in [9.17, 15) is 9.59 Å². The van der Waals surface area contributed by atoms with Gasteiger partial charge in [0.1, 0.15) is 0 Å². The zero-order valence-electron chi connectivity index (χ0n) is 8.27. The lowest BCUT2D eigenvalue weighted by molar-refractivity contribution is -0.129. The first-order valence-corrected chi connectivity index (χ1v) is 5.19. The molecule has 1 aromatic carbocycles. The van der Waals surface area contributed by atoms with Gasteiger partial charge in [0.05, 0.1) is 6.04 Å². The normalized spacial score (nSPS) is 24.0. The fourth-order valence-corrected chi connectivity index (χ4v) is 2.47. The molecule has 1 fully saturated rings. The summed E-state index contributed by atoms with van der Waals surface area (Å²) < 4.78 is 0. The summed E-state index contributed by atoms with van der Waals surface area (Å²) in [4.78, 5) is 25.3. The van der Waals surface area contributed by atoms with Crippen LogP contribution in [0.3, 0.4) is 0 Å². The van der Waals surface area contributed by atoms with Crippen LogP contribution in [0.4, 0.5) is 0 Å². The molecule has 2 aliphatic heterocycles. The molecule has 1 aromatic rings. The van der Waals surface area contributed by atoms with Crippen molar-refractivity contribution >= 4 is 11.7 Å². The van der Waals surface area contributed by atoms with Crippen molar-refractivity contribution in [2.75, 3.05) is 0 Å². The average Bonchev–Trinajstić information content (AvgIpc) is 2.62. The summed E-state index contributed by atoms with van der Waals surface area (Å²) in [6.07, 6.45) is 1.20. The fraction of sp³-hybridized carbons (Fsp3) is 0.333. The Balaban J connectivity index is 2.10. The van der Waals surface area contributed by atoms with Crippen LogP contribution in [0.15, 0.2) is 24.3 Å². The molecular formula is C12H11NO2. The van der Waals surface area contributed by atoms with Crippen LogP contribution in [0.5, 0.6) is 0 Å². The molecule has 3 heteroatoms. The number of carbonyl (C=O) groups excluding carboxylic acids is 2. The summed E-state index contributed by atoms with van der Waals surface area (Å²) in [6, 6.07) is 7.38. The summed E-state index contributed by atoms with van der Waals surface area (Å²) in [6.45, 7) is 0.603. The molecule has 0 saturated carbocycles. The Labute approximate surface area is 87.7 Å². The molecule has 3 rings (SSSR count). The van der Waals surface area contributed by atoms with E-state index in [1.54, 1.807) is 4.90 Å². The van der Waals surface area contributed by atoms with Crippen LogP contribution in [0.1, 0.15) is 28.8 Å². The predicted molar refractivity (Wildman–Crippen MR) is 54.3 cm³/mol. The Hall–Kier alpha value is -1.64. The number of ketones is 1. The molecule has 2 aliphatic rings. The van der Waals surface area contributed by atoms with E-state index in [4.69, 9.17) is 0 Å². The number of hydrogen-bond acceptors (Lipinski definition) is 2. The Morgan fingerprint density at radius 3 is 2.87 bits per heavy atom. The predicted octanol–water partition coefficient (Wildman–Crippen LogP) is 1.37. The summed E-state index contributed by atoms with van der Waals surface area (Å²) in [5, 5.41) is 0.